The standard InChI is InChI=1S/C23H23N3O2/c1-17-7-8-21-19(16-28-22(21)11-17)12-23(27)26-10-9-25(20(13-24)15-26)14-18-5-3-2-4-6-18/h2-8,11,16,20H,9-10,12,14-15H2,1H3. The summed E-state index contributed by atoms with van der Waals surface area (Å²) in [6.07, 6.45) is 1.97. The number of piperazine rings is 1. The lowest BCUT2D eigenvalue weighted by molar-refractivity contribution is -0.133. The summed E-state index contributed by atoms with van der Waals surface area (Å²) < 4.78 is 5.61. The number of aryl methyl sites for hydroxylation is 1. The van der Waals surface area contributed by atoms with Crippen LogP contribution in [0.15, 0.2) is 59.2 Å². The Labute approximate surface area is 164 Å². The van der Waals surface area contributed by atoms with Crippen LogP contribution in [0.5, 0.6) is 0 Å². The smallest absolute Gasteiger partial charge is 0.227 e. The first-order chi connectivity index (χ1) is 13.6. The van der Waals surface area contributed by atoms with Crippen LogP contribution in [0.25, 0.3) is 11.0 Å². The van der Waals surface area contributed by atoms with Crippen molar-refractivity contribution >= 4 is 16.9 Å². The molecule has 1 fully saturated rings. The molecule has 4 rings (SSSR count). The SMILES string of the molecule is Cc1ccc2c(CC(=O)N3CCN(Cc4ccccc4)C(C#N)C3)coc2c1. The molecule has 0 N–H and O–H groups in total. The minimum absolute atomic E-state index is 0.0443. The number of carbonyl (C=O) groups is 1. The number of furan rings is 1. The van der Waals surface area contributed by atoms with E-state index in [4.69, 9.17) is 4.42 Å². The monoisotopic (exact) mass is 373 g/mol. The molecule has 1 unspecified atom stereocenters. The number of rotatable bonds is 4. The van der Waals surface area contributed by atoms with Crippen LogP contribution >= 0.6 is 0 Å². The highest BCUT2D eigenvalue weighted by atomic mass is 16.3. The Hall–Kier alpha value is -3.10. The van der Waals surface area contributed by atoms with E-state index in [1.165, 1.54) is 5.56 Å². The Morgan fingerprint density at radius 2 is 2.04 bits per heavy atom. The molecule has 28 heavy (non-hydrogen) atoms. The first-order valence-corrected chi connectivity index (χ1v) is 9.56. The molecule has 0 saturated carbocycles. The number of fused-ring (bicyclic) bond motifs is 1. The van der Waals surface area contributed by atoms with Crippen molar-refractivity contribution in [3.63, 3.8) is 0 Å². The lowest BCUT2D eigenvalue weighted by Crippen LogP contribution is -2.54. The normalized spacial score (nSPS) is 17.6. The van der Waals surface area contributed by atoms with Crippen LogP contribution < -0.4 is 0 Å². The summed E-state index contributed by atoms with van der Waals surface area (Å²) in [6.45, 7) is 4.52. The number of carbonyl (C=O) groups excluding carboxylic acids is 1. The van der Waals surface area contributed by atoms with Gasteiger partial charge in [-0.15, -0.1) is 0 Å². The van der Waals surface area contributed by atoms with Gasteiger partial charge < -0.3 is 9.32 Å². The summed E-state index contributed by atoms with van der Waals surface area (Å²) in [5.74, 6) is 0.0443. The Kier molecular flexibility index (Phi) is 5.14. The van der Waals surface area contributed by atoms with Gasteiger partial charge in [0.2, 0.25) is 5.91 Å². The van der Waals surface area contributed by atoms with E-state index in [-0.39, 0.29) is 11.9 Å². The van der Waals surface area contributed by atoms with Crippen LogP contribution in [0.4, 0.5) is 0 Å². The van der Waals surface area contributed by atoms with Gasteiger partial charge in [-0.1, -0.05) is 42.5 Å². The van der Waals surface area contributed by atoms with E-state index in [1.807, 2.05) is 48.2 Å². The van der Waals surface area contributed by atoms with Crippen LogP contribution in [-0.2, 0) is 17.8 Å². The van der Waals surface area contributed by atoms with Crippen molar-refractivity contribution in [2.75, 3.05) is 19.6 Å². The largest absolute Gasteiger partial charge is 0.464 e. The van der Waals surface area contributed by atoms with Gasteiger partial charge in [0.25, 0.3) is 0 Å². The lowest BCUT2D eigenvalue weighted by Gasteiger charge is -2.38. The Bertz CT molecular complexity index is 1020. The van der Waals surface area contributed by atoms with Gasteiger partial charge in [-0.25, -0.2) is 0 Å². The van der Waals surface area contributed by atoms with Crippen molar-refractivity contribution in [1.82, 2.24) is 9.80 Å². The summed E-state index contributed by atoms with van der Waals surface area (Å²) in [5.41, 5.74) is 4.03. The van der Waals surface area contributed by atoms with Crippen molar-refractivity contribution in [3.05, 3.63) is 71.5 Å². The summed E-state index contributed by atoms with van der Waals surface area (Å²) in [5, 5.41) is 10.6. The van der Waals surface area contributed by atoms with E-state index in [1.54, 1.807) is 6.26 Å². The molecule has 0 aliphatic carbocycles. The quantitative estimate of drug-likeness (QED) is 0.702. The van der Waals surface area contributed by atoms with Crippen LogP contribution in [0.2, 0.25) is 0 Å². The van der Waals surface area contributed by atoms with Crippen LogP contribution in [0, 0.1) is 18.3 Å². The fourth-order valence-corrected chi connectivity index (χ4v) is 3.78. The highest BCUT2D eigenvalue weighted by Crippen LogP contribution is 2.24. The van der Waals surface area contributed by atoms with Crippen molar-refractivity contribution in [3.8, 4) is 6.07 Å². The molecule has 2 heterocycles. The highest BCUT2D eigenvalue weighted by Gasteiger charge is 2.29. The predicted octanol–water partition coefficient (Wildman–Crippen LogP) is 3.52. The average molecular weight is 373 g/mol. The molecule has 1 aromatic heterocycles. The van der Waals surface area contributed by atoms with E-state index in [9.17, 15) is 10.1 Å². The molecule has 1 aliphatic heterocycles. The Morgan fingerprint density at radius 1 is 1.21 bits per heavy atom. The third-order valence-electron chi connectivity index (χ3n) is 5.37. The van der Waals surface area contributed by atoms with Gasteiger partial charge >= 0.3 is 0 Å². The zero-order valence-electron chi connectivity index (χ0n) is 16.0. The van der Waals surface area contributed by atoms with E-state index in [0.29, 0.717) is 26.1 Å². The molecule has 5 heteroatoms. The zero-order chi connectivity index (χ0) is 19.5. The van der Waals surface area contributed by atoms with Gasteiger partial charge in [0.15, 0.2) is 0 Å². The number of hydrogen-bond acceptors (Lipinski definition) is 4. The minimum atomic E-state index is -0.290. The number of nitrogens with zero attached hydrogens (tertiary/aromatic N) is 3. The van der Waals surface area contributed by atoms with Crippen LogP contribution in [0.3, 0.4) is 0 Å². The van der Waals surface area contributed by atoms with Crippen LogP contribution in [0.1, 0.15) is 16.7 Å². The van der Waals surface area contributed by atoms with E-state index < -0.39 is 0 Å². The average Bonchev–Trinajstić information content (AvgIpc) is 3.10. The maximum atomic E-state index is 12.9. The Balaban J connectivity index is 1.42. The molecule has 0 bridgehead atoms. The Morgan fingerprint density at radius 3 is 2.82 bits per heavy atom. The van der Waals surface area contributed by atoms with Gasteiger partial charge in [0.05, 0.1) is 18.8 Å². The number of amides is 1. The second-order valence-corrected chi connectivity index (χ2v) is 7.38. The maximum absolute atomic E-state index is 12.9. The summed E-state index contributed by atoms with van der Waals surface area (Å²) in [7, 11) is 0. The summed E-state index contributed by atoms with van der Waals surface area (Å²) in [4.78, 5) is 16.8. The van der Waals surface area contributed by atoms with Crippen molar-refractivity contribution in [1.29, 1.82) is 5.26 Å². The van der Waals surface area contributed by atoms with Gasteiger partial charge in [-0.05, 0) is 24.1 Å². The maximum Gasteiger partial charge on any atom is 0.227 e. The summed E-state index contributed by atoms with van der Waals surface area (Å²) >= 11 is 0. The molecular formula is C23H23N3O2. The topological polar surface area (TPSA) is 60.5 Å². The molecule has 1 saturated heterocycles. The third kappa shape index (κ3) is 3.78. The molecule has 2 aromatic carbocycles. The minimum Gasteiger partial charge on any atom is -0.464 e. The lowest BCUT2D eigenvalue weighted by atomic mass is 10.1. The van der Waals surface area contributed by atoms with E-state index >= 15 is 0 Å². The zero-order valence-corrected chi connectivity index (χ0v) is 16.0. The molecule has 1 amide bonds. The van der Waals surface area contributed by atoms with Crippen molar-refractivity contribution in [2.45, 2.75) is 25.9 Å². The fraction of sp³-hybridized carbons (Fsp3) is 0.304. The van der Waals surface area contributed by atoms with E-state index in [2.05, 4.69) is 23.1 Å². The first-order valence-electron chi connectivity index (χ1n) is 9.56. The molecule has 0 spiro atoms. The summed E-state index contributed by atoms with van der Waals surface area (Å²) in [6, 6.07) is 18.2. The number of hydrogen-bond donors (Lipinski definition) is 0. The predicted molar refractivity (Wildman–Crippen MR) is 107 cm³/mol. The van der Waals surface area contributed by atoms with Gasteiger partial charge in [0.1, 0.15) is 11.6 Å². The van der Waals surface area contributed by atoms with Gasteiger partial charge in [0, 0.05) is 37.1 Å². The molecule has 1 atom stereocenters. The molecule has 0 radical (unpaired) electrons. The van der Waals surface area contributed by atoms with Gasteiger partial charge in [-0.3, -0.25) is 9.69 Å². The first kappa shape index (κ1) is 18.3. The second kappa shape index (κ2) is 7.87. The van der Waals surface area contributed by atoms with Gasteiger partial charge in [-0.2, -0.15) is 5.26 Å². The number of benzene rings is 2. The second-order valence-electron chi connectivity index (χ2n) is 7.38. The molecule has 1 aliphatic rings. The molecule has 142 valence electrons. The fourth-order valence-electron chi connectivity index (χ4n) is 3.78. The molecule has 3 aromatic rings. The van der Waals surface area contributed by atoms with Crippen molar-refractivity contribution < 1.29 is 9.21 Å². The van der Waals surface area contributed by atoms with Crippen molar-refractivity contribution in [2.24, 2.45) is 0 Å². The number of nitriles is 1. The third-order valence-corrected chi connectivity index (χ3v) is 5.37. The van der Waals surface area contributed by atoms with Crippen LogP contribution in [-0.4, -0.2) is 41.4 Å². The molecular weight excluding hydrogens is 350 g/mol. The molecule has 5 nitrogen and oxygen atoms in total. The van der Waals surface area contributed by atoms with E-state index in [0.717, 1.165) is 28.6 Å². The highest BCUT2D eigenvalue weighted by molar-refractivity contribution is 5.88.